The fraction of sp³-hybridized carbons (Fsp3) is 0.118. The van der Waals surface area contributed by atoms with E-state index in [1.54, 1.807) is 24.3 Å². The van der Waals surface area contributed by atoms with Gasteiger partial charge in [0.25, 0.3) is 0 Å². The summed E-state index contributed by atoms with van der Waals surface area (Å²) in [6.45, 7) is 0. The second-order valence-corrected chi connectivity index (χ2v) is 5.06. The summed E-state index contributed by atoms with van der Waals surface area (Å²) in [6.07, 6.45) is 0. The summed E-state index contributed by atoms with van der Waals surface area (Å²) in [6, 6.07) is 17.2. The van der Waals surface area contributed by atoms with Crippen LogP contribution in [-0.4, -0.2) is 14.1 Å². The molecule has 0 saturated carbocycles. The molecule has 0 aliphatic carbocycles. The fourth-order valence-electron chi connectivity index (χ4n) is 2.76. The van der Waals surface area contributed by atoms with Crippen molar-refractivity contribution in [3.8, 4) is 6.07 Å². The Bertz CT molecular complexity index is 806. The molecule has 106 valence electrons. The Morgan fingerprint density at radius 1 is 0.955 bits per heavy atom. The van der Waals surface area contributed by atoms with E-state index in [1.165, 1.54) is 0 Å². The van der Waals surface area contributed by atoms with Crippen LogP contribution < -0.4 is 9.80 Å². The largest absolute Gasteiger partial charge is 0.385 e. The maximum Gasteiger partial charge on any atom is 0.385 e. The molecule has 0 bridgehead atoms. The van der Waals surface area contributed by atoms with Gasteiger partial charge in [0, 0.05) is 26.2 Å². The molecular formula is C17H14N5+. The Balaban J connectivity index is 2.15. The van der Waals surface area contributed by atoms with Gasteiger partial charge < -0.3 is 9.80 Å². The van der Waals surface area contributed by atoms with Gasteiger partial charge in [-0.2, -0.15) is 5.26 Å². The zero-order valence-electron chi connectivity index (χ0n) is 12.4. The van der Waals surface area contributed by atoms with Crippen molar-refractivity contribution in [1.82, 2.24) is 0 Å². The van der Waals surface area contributed by atoms with E-state index < -0.39 is 0 Å². The van der Waals surface area contributed by atoms with E-state index in [0.717, 1.165) is 22.8 Å². The highest BCUT2D eigenvalue weighted by Crippen LogP contribution is 2.41. The highest BCUT2D eigenvalue weighted by Gasteiger charge is 2.29. The number of hydrogen-bond acceptors (Lipinski definition) is 4. The van der Waals surface area contributed by atoms with Crippen LogP contribution in [0.1, 0.15) is 5.56 Å². The van der Waals surface area contributed by atoms with Crippen molar-refractivity contribution in [3.63, 3.8) is 0 Å². The normalized spacial score (nSPS) is 12.6. The van der Waals surface area contributed by atoms with E-state index in [-0.39, 0.29) is 0 Å². The number of nitriles is 1. The van der Waals surface area contributed by atoms with Crippen LogP contribution in [0.15, 0.2) is 54.4 Å². The van der Waals surface area contributed by atoms with Gasteiger partial charge in [-0.05, 0) is 29.8 Å². The Kier molecular flexibility index (Phi) is 3.25. The molecule has 0 unspecified atom stereocenters. The maximum atomic E-state index is 9.65. The van der Waals surface area contributed by atoms with E-state index in [1.807, 2.05) is 48.2 Å². The average molecular weight is 288 g/mol. The average Bonchev–Trinajstić information content (AvgIpc) is 2.82. The second-order valence-electron chi connectivity index (χ2n) is 5.06. The highest BCUT2D eigenvalue weighted by atomic mass is 15.4. The zero-order chi connectivity index (χ0) is 15.7. The molecule has 1 aliphatic rings. The smallest absolute Gasteiger partial charge is 0.328 e. The van der Waals surface area contributed by atoms with Crippen molar-refractivity contribution in [2.75, 3.05) is 23.9 Å². The minimum absolute atomic E-state index is 0.461. The molecule has 0 saturated heterocycles. The lowest BCUT2D eigenvalue weighted by molar-refractivity contribution is 1.05. The van der Waals surface area contributed by atoms with Crippen molar-refractivity contribution in [3.05, 3.63) is 64.9 Å². The van der Waals surface area contributed by atoms with Gasteiger partial charge in [-0.1, -0.05) is 12.1 Å². The summed E-state index contributed by atoms with van der Waals surface area (Å²) in [5, 5.41) is 18.4. The minimum Gasteiger partial charge on any atom is -0.328 e. The van der Waals surface area contributed by atoms with Crippen LogP contribution in [0.5, 0.6) is 0 Å². The van der Waals surface area contributed by atoms with E-state index in [4.69, 9.17) is 5.39 Å². The molecule has 2 aromatic rings. The van der Waals surface area contributed by atoms with Gasteiger partial charge in [-0.15, -0.1) is 0 Å². The van der Waals surface area contributed by atoms with Crippen LogP contribution in [0.3, 0.4) is 0 Å². The van der Waals surface area contributed by atoms with E-state index in [2.05, 4.69) is 11.0 Å². The first-order valence-corrected chi connectivity index (χ1v) is 6.83. The van der Waals surface area contributed by atoms with Gasteiger partial charge >= 0.3 is 5.69 Å². The minimum atomic E-state index is 0.461. The summed E-state index contributed by atoms with van der Waals surface area (Å²) in [4.78, 5) is 7.16. The summed E-state index contributed by atoms with van der Waals surface area (Å²) in [5.74, 6) is 0.831. The standard InChI is InChI=1S/C17H14N5/c1-21-15-5-3-4-6-16(15)22(2)17(21)14(11-18)12-7-9-13(20-19)10-8-12/h3-10H,1-2H3/q+1. The summed E-state index contributed by atoms with van der Waals surface area (Å²) < 4.78 is 0. The lowest BCUT2D eigenvalue weighted by atomic mass is 10.1. The topological polar surface area (TPSA) is 58.4 Å². The molecule has 22 heavy (non-hydrogen) atoms. The molecule has 0 fully saturated rings. The molecule has 0 aromatic heterocycles. The van der Waals surface area contributed by atoms with Gasteiger partial charge in [0.05, 0.1) is 11.4 Å². The SMILES string of the molecule is CN1C(=C(C#N)c2ccc([N+]#N)cc2)N(C)c2ccccc21. The molecule has 0 N–H and O–H groups in total. The van der Waals surface area contributed by atoms with Crippen molar-refractivity contribution in [2.24, 2.45) is 0 Å². The number of allylic oxidation sites excluding steroid dienone is 1. The highest BCUT2D eigenvalue weighted by molar-refractivity contribution is 5.92. The molecule has 5 nitrogen and oxygen atoms in total. The van der Waals surface area contributed by atoms with Gasteiger partial charge in [0.15, 0.2) is 4.98 Å². The first kappa shape index (κ1) is 13.7. The number of benzene rings is 2. The van der Waals surface area contributed by atoms with Gasteiger partial charge in [-0.3, -0.25) is 0 Å². The van der Waals surface area contributed by atoms with Crippen molar-refractivity contribution >= 4 is 22.6 Å². The number of para-hydroxylation sites is 2. The first-order chi connectivity index (χ1) is 10.7. The predicted octanol–water partition coefficient (Wildman–Crippen LogP) is 3.95. The number of anilines is 2. The Morgan fingerprint density at radius 2 is 1.50 bits per heavy atom. The van der Waals surface area contributed by atoms with E-state index in [9.17, 15) is 5.26 Å². The molecule has 5 heteroatoms. The summed E-state index contributed by atoms with van der Waals surface area (Å²) >= 11 is 0. The van der Waals surface area contributed by atoms with Crippen molar-refractivity contribution < 1.29 is 0 Å². The molecule has 3 rings (SSSR count). The molecule has 0 radical (unpaired) electrons. The number of hydrogen-bond donors (Lipinski definition) is 0. The van der Waals surface area contributed by atoms with Crippen LogP contribution in [0.2, 0.25) is 0 Å². The third-order valence-corrected chi connectivity index (χ3v) is 3.85. The number of nitrogens with zero attached hydrogens (tertiary/aromatic N) is 5. The molecule has 0 spiro atoms. The van der Waals surface area contributed by atoms with Crippen LogP contribution in [0.25, 0.3) is 10.5 Å². The molecule has 0 atom stereocenters. The van der Waals surface area contributed by atoms with Gasteiger partial charge in [0.1, 0.15) is 17.5 Å². The number of fused-ring (bicyclic) bond motifs is 1. The third kappa shape index (κ3) is 1.97. The third-order valence-electron chi connectivity index (χ3n) is 3.85. The van der Waals surface area contributed by atoms with Gasteiger partial charge in [-0.25, -0.2) is 0 Å². The number of diazo groups is 1. The van der Waals surface area contributed by atoms with Crippen LogP contribution >= 0.6 is 0 Å². The Labute approximate surface area is 128 Å². The predicted molar refractivity (Wildman–Crippen MR) is 87.0 cm³/mol. The molecule has 1 aliphatic heterocycles. The molecule has 0 amide bonds. The lowest BCUT2D eigenvalue weighted by Crippen LogP contribution is -2.23. The lowest BCUT2D eigenvalue weighted by Gasteiger charge is -2.20. The summed E-state index contributed by atoms with van der Waals surface area (Å²) in [5.41, 5.74) is 3.95. The quantitative estimate of drug-likeness (QED) is 0.589. The van der Waals surface area contributed by atoms with Crippen molar-refractivity contribution in [2.45, 2.75) is 0 Å². The zero-order valence-corrected chi connectivity index (χ0v) is 12.4. The molecule has 2 aromatic carbocycles. The Morgan fingerprint density at radius 3 is 1.95 bits per heavy atom. The van der Waals surface area contributed by atoms with E-state index in [0.29, 0.717) is 11.3 Å². The van der Waals surface area contributed by atoms with Crippen LogP contribution in [0, 0.1) is 16.7 Å². The van der Waals surface area contributed by atoms with E-state index >= 15 is 0 Å². The monoisotopic (exact) mass is 288 g/mol. The fourth-order valence-corrected chi connectivity index (χ4v) is 2.76. The van der Waals surface area contributed by atoms with Crippen molar-refractivity contribution in [1.29, 1.82) is 10.7 Å². The van der Waals surface area contributed by atoms with Crippen LogP contribution in [-0.2, 0) is 0 Å². The van der Waals surface area contributed by atoms with Gasteiger partial charge in [0.2, 0.25) is 5.39 Å². The van der Waals surface area contributed by atoms with Crippen LogP contribution in [0.4, 0.5) is 17.1 Å². The number of rotatable bonds is 1. The maximum absolute atomic E-state index is 9.65. The summed E-state index contributed by atoms with van der Waals surface area (Å²) in [7, 11) is 3.90. The Hall–Kier alpha value is -3.31. The first-order valence-electron chi connectivity index (χ1n) is 6.83. The second kappa shape index (κ2) is 5.23. The molecular weight excluding hydrogens is 274 g/mol. The molecule has 1 heterocycles.